The predicted octanol–water partition coefficient (Wildman–Crippen LogP) is 5.01. The molecule has 6 nitrogen and oxygen atoms in total. The minimum atomic E-state index is -0.576. The molecule has 35 heavy (non-hydrogen) atoms. The fourth-order valence-electron chi connectivity index (χ4n) is 4.46. The Labute approximate surface area is 211 Å². The van der Waals surface area contributed by atoms with Crippen molar-refractivity contribution >= 4 is 29.2 Å². The highest BCUT2D eigenvalue weighted by molar-refractivity contribution is 7.12. The Morgan fingerprint density at radius 3 is 2.46 bits per heavy atom. The Hall–Kier alpha value is -2.67. The summed E-state index contributed by atoms with van der Waals surface area (Å²) < 4.78 is 11.0. The summed E-state index contributed by atoms with van der Waals surface area (Å²) in [5.74, 6) is 0.0273. The third kappa shape index (κ3) is 7.40. The molecule has 1 fully saturated rings. The number of carbonyl (C=O) groups excluding carboxylic acids is 3. The first-order chi connectivity index (χ1) is 16.7. The molecule has 0 spiro atoms. The van der Waals surface area contributed by atoms with Crippen LogP contribution in [0.25, 0.3) is 0 Å². The minimum Gasteiger partial charge on any atom is -0.461 e. The summed E-state index contributed by atoms with van der Waals surface area (Å²) in [6.07, 6.45) is 5.03. The molecule has 1 unspecified atom stereocenters. The van der Waals surface area contributed by atoms with Crippen LogP contribution in [0, 0.1) is 11.8 Å². The van der Waals surface area contributed by atoms with Gasteiger partial charge in [0.05, 0.1) is 12.0 Å². The van der Waals surface area contributed by atoms with E-state index in [1.54, 1.807) is 11.3 Å². The molecule has 188 valence electrons. The highest BCUT2D eigenvalue weighted by Gasteiger charge is 2.32. The smallest absolute Gasteiger partial charge is 0.311 e. The summed E-state index contributed by atoms with van der Waals surface area (Å²) in [6.45, 7) is 6.47. The summed E-state index contributed by atoms with van der Waals surface area (Å²) in [6, 6.07) is 9.65. The number of carbonyl (C=O) groups is 3. The zero-order valence-corrected chi connectivity index (χ0v) is 21.7. The van der Waals surface area contributed by atoms with E-state index in [1.165, 1.54) is 0 Å². The molecule has 1 saturated carbocycles. The first kappa shape index (κ1) is 25.4. The number of rotatable bonds is 9. The third-order valence-electron chi connectivity index (χ3n) is 6.33. The van der Waals surface area contributed by atoms with Gasteiger partial charge in [-0.2, -0.15) is 0 Å². The van der Waals surface area contributed by atoms with Crippen LogP contribution in [0.1, 0.15) is 77.7 Å². The molecule has 2 aliphatic carbocycles. The first-order valence-electron chi connectivity index (χ1n) is 12.5. The molecule has 0 aliphatic heterocycles. The van der Waals surface area contributed by atoms with Gasteiger partial charge in [0.1, 0.15) is 12.2 Å². The van der Waals surface area contributed by atoms with Gasteiger partial charge in [-0.05, 0) is 75.8 Å². The molecule has 1 aromatic carbocycles. The van der Waals surface area contributed by atoms with E-state index in [1.807, 2.05) is 51.1 Å². The Balaban J connectivity index is 1.45. The van der Waals surface area contributed by atoms with Crippen LogP contribution in [-0.4, -0.2) is 30.0 Å². The molecule has 1 N–H and O–H groups in total. The molecule has 4 rings (SSSR count). The van der Waals surface area contributed by atoms with E-state index in [-0.39, 0.29) is 36.8 Å². The fraction of sp³-hybridized carbons (Fsp3) is 0.536. The van der Waals surface area contributed by atoms with E-state index >= 15 is 0 Å². The largest absolute Gasteiger partial charge is 0.461 e. The van der Waals surface area contributed by atoms with Crippen LogP contribution in [0.3, 0.4) is 0 Å². The molecule has 7 heteroatoms. The number of amides is 1. The molecule has 2 aliphatic rings. The number of aryl methyl sites for hydroxylation is 1. The zero-order chi connectivity index (χ0) is 25.0. The summed E-state index contributed by atoms with van der Waals surface area (Å²) >= 11 is 1.55. The van der Waals surface area contributed by atoms with Crippen LogP contribution >= 0.6 is 11.3 Å². The Kier molecular flexibility index (Phi) is 7.95. The molecule has 0 bridgehead atoms. The maximum absolute atomic E-state index is 13.2. The number of fused-ring (bicyclic) bond motifs is 1. The van der Waals surface area contributed by atoms with Crippen molar-refractivity contribution < 1.29 is 23.9 Å². The van der Waals surface area contributed by atoms with Gasteiger partial charge in [0.25, 0.3) is 5.91 Å². The van der Waals surface area contributed by atoms with Crippen molar-refractivity contribution in [2.24, 2.45) is 11.8 Å². The number of esters is 2. The molecule has 1 aromatic heterocycles. The lowest BCUT2D eigenvalue weighted by Crippen LogP contribution is -2.29. The quantitative estimate of drug-likeness (QED) is 0.493. The molecule has 0 radical (unpaired) electrons. The average molecular weight is 498 g/mol. The Morgan fingerprint density at radius 2 is 1.77 bits per heavy atom. The van der Waals surface area contributed by atoms with Crippen LogP contribution in [0.5, 0.6) is 0 Å². The van der Waals surface area contributed by atoms with Crippen molar-refractivity contribution in [3.8, 4) is 0 Å². The molecule has 0 saturated heterocycles. The molecule has 1 heterocycles. The van der Waals surface area contributed by atoms with Gasteiger partial charge < -0.3 is 14.8 Å². The van der Waals surface area contributed by atoms with Gasteiger partial charge in [0.2, 0.25) is 0 Å². The van der Waals surface area contributed by atoms with E-state index in [0.717, 1.165) is 46.6 Å². The van der Waals surface area contributed by atoms with Crippen molar-refractivity contribution in [3.63, 3.8) is 0 Å². The standard InChI is InChI=1S/C28H35NO5S/c1-28(2,3)34-25(31)15-23-26(27(32)29-16-18-9-10-18)21-13-20(11-12-22(21)35-23)14-24(30)33-17-19-7-5-4-6-8-19/h4-8,18,20H,9-17H2,1-3H3,(H,29,32). The SMILES string of the molecule is CC(C)(C)OC(=O)Cc1sc2c(c1C(=O)NCC1CC1)CC(CC(=O)OCc1ccccc1)CC2. The average Bonchev–Trinajstić information content (AvgIpc) is 3.56. The van der Waals surface area contributed by atoms with Crippen molar-refractivity contribution in [1.82, 2.24) is 5.32 Å². The Bertz CT molecular complexity index is 1070. The predicted molar refractivity (Wildman–Crippen MR) is 135 cm³/mol. The van der Waals surface area contributed by atoms with Gasteiger partial charge in [-0.3, -0.25) is 14.4 Å². The maximum atomic E-state index is 13.2. The van der Waals surface area contributed by atoms with Gasteiger partial charge in [-0.25, -0.2) is 0 Å². The number of hydrogen-bond acceptors (Lipinski definition) is 6. The monoisotopic (exact) mass is 497 g/mol. The second kappa shape index (κ2) is 10.9. The van der Waals surface area contributed by atoms with Crippen molar-refractivity contribution in [2.75, 3.05) is 6.54 Å². The number of ether oxygens (including phenoxy) is 2. The van der Waals surface area contributed by atoms with E-state index in [2.05, 4.69) is 5.32 Å². The lowest BCUT2D eigenvalue weighted by Gasteiger charge is -2.22. The molecule has 1 amide bonds. The van der Waals surface area contributed by atoms with E-state index in [4.69, 9.17) is 9.47 Å². The van der Waals surface area contributed by atoms with Gasteiger partial charge in [0.15, 0.2) is 0 Å². The zero-order valence-electron chi connectivity index (χ0n) is 20.9. The fourth-order valence-corrected chi connectivity index (χ4v) is 5.80. The van der Waals surface area contributed by atoms with E-state index < -0.39 is 5.60 Å². The van der Waals surface area contributed by atoms with Gasteiger partial charge >= 0.3 is 11.9 Å². The minimum absolute atomic E-state index is 0.0882. The molecular weight excluding hydrogens is 462 g/mol. The number of thiophene rings is 1. The van der Waals surface area contributed by atoms with Crippen LogP contribution in [0.4, 0.5) is 0 Å². The maximum Gasteiger partial charge on any atom is 0.311 e. The second-order valence-corrected chi connectivity index (χ2v) is 11.9. The third-order valence-corrected chi connectivity index (χ3v) is 7.63. The van der Waals surface area contributed by atoms with E-state index in [0.29, 0.717) is 30.9 Å². The van der Waals surface area contributed by atoms with Gasteiger partial charge in [-0.1, -0.05) is 30.3 Å². The Morgan fingerprint density at radius 1 is 1.03 bits per heavy atom. The first-order valence-corrected chi connectivity index (χ1v) is 13.3. The highest BCUT2D eigenvalue weighted by Crippen LogP contribution is 2.38. The summed E-state index contributed by atoms with van der Waals surface area (Å²) in [7, 11) is 0. The van der Waals surface area contributed by atoms with Gasteiger partial charge in [0, 0.05) is 22.7 Å². The normalized spacial score (nSPS) is 17.4. The van der Waals surface area contributed by atoms with Crippen LogP contribution in [0.2, 0.25) is 0 Å². The molecular formula is C28H35NO5S. The van der Waals surface area contributed by atoms with Crippen molar-refractivity contribution in [3.05, 3.63) is 56.8 Å². The highest BCUT2D eigenvalue weighted by atomic mass is 32.1. The van der Waals surface area contributed by atoms with Crippen LogP contribution in [-0.2, 0) is 44.9 Å². The second-order valence-electron chi connectivity index (χ2n) is 10.7. The topological polar surface area (TPSA) is 81.7 Å². The van der Waals surface area contributed by atoms with E-state index in [9.17, 15) is 14.4 Å². The number of benzene rings is 1. The van der Waals surface area contributed by atoms with Crippen molar-refractivity contribution in [1.29, 1.82) is 0 Å². The summed E-state index contributed by atoms with van der Waals surface area (Å²) in [4.78, 5) is 40.3. The molecule has 1 atom stereocenters. The lowest BCUT2D eigenvalue weighted by molar-refractivity contribution is -0.154. The summed E-state index contributed by atoms with van der Waals surface area (Å²) in [5.41, 5.74) is 2.01. The van der Waals surface area contributed by atoms with Crippen LogP contribution < -0.4 is 5.32 Å². The number of nitrogens with one attached hydrogen (secondary N) is 1. The number of hydrogen-bond donors (Lipinski definition) is 1. The summed E-state index contributed by atoms with van der Waals surface area (Å²) in [5, 5.41) is 3.08. The molecule has 2 aromatic rings. The van der Waals surface area contributed by atoms with Crippen molar-refractivity contribution in [2.45, 2.75) is 77.9 Å². The van der Waals surface area contributed by atoms with Gasteiger partial charge in [-0.15, -0.1) is 11.3 Å². The van der Waals surface area contributed by atoms with Crippen LogP contribution in [0.15, 0.2) is 30.3 Å². The lowest BCUT2D eigenvalue weighted by atomic mass is 9.84.